The highest BCUT2D eigenvalue weighted by Gasteiger charge is 2.10. The molecule has 0 fully saturated rings. The van der Waals surface area contributed by atoms with Crippen LogP contribution in [0.1, 0.15) is 15.9 Å². The Morgan fingerprint density at radius 1 is 1.20 bits per heavy atom. The summed E-state index contributed by atoms with van der Waals surface area (Å²) < 4.78 is 14.5. The van der Waals surface area contributed by atoms with E-state index in [4.69, 9.17) is 0 Å². The van der Waals surface area contributed by atoms with E-state index in [1.807, 2.05) is 13.0 Å². The minimum Gasteiger partial charge on any atom is -0.350 e. The molecule has 0 aliphatic rings. The first-order valence-electron chi connectivity index (χ1n) is 7.73. The summed E-state index contributed by atoms with van der Waals surface area (Å²) in [5.74, 6) is -0.780. The van der Waals surface area contributed by atoms with Crippen LogP contribution in [0.3, 0.4) is 0 Å². The predicted octanol–water partition coefficient (Wildman–Crippen LogP) is 1.57. The molecule has 7 heteroatoms. The Hall–Kier alpha value is -3.22. The lowest BCUT2D eigenvalue weighted by Gasteiger charge is -2.11. The third-order valence-corrected chi connectivity index (χ3v) is 3.84. The molecule has 128 valence electrons. The number of aryl methyl sites for hydroxylation is 1. The second kappa shape index (κ2) is 6.72. The lowest BCUT2D eigenvalue weighted by molar-refractivity contribution is 0.0952. The van der Waals surface area contributed by atoms with Gasteiger partial charge in [0.15, 0.2) is 0 Å². The quantitative estimate of drug-likeness (QED) is 0.707. The fourth-order valence-corrected chi connectivity index (χ4v) is 2.64. The van der Waals surface area contributed by atoms with Gasteiger partial charge in [-0.05, 0) is 37.3 Å². The van der Waals surface area contributed by atoms with E-state index in [2.05, 4.69) is 10.3 Å². The van der Waals surface area contributed by atoms with Crippen LogP contribution >= 0.6 is 0 Å². The zero-order chi connectivity index (χ0) is 18.0. The summed E-state index contributed by atoms with van der Waals surface area (Å²) in [7, 11) is 0. The first-order chi connectivity index (χ1) is 12.0. The first-order valence-corrected chi connectivity index (χ1v) is 7.73. The number of hydrogen-bond donors (Lipinski definition) is 2. The van der Waals surface area contributed by atoms with Crippen molar-refractivity contribution in [1.29, 1.82) is 0 Å². The minimum absolute atomic E-state index is 0.0996. The van der Waals surface area contributed by atoms with E-state index in [0.717, 1.165) is 11.6 Å². The molecule has 1 aromatic heterocycles. The van der Waals surface area contributed by atoms with Gasteiger partial charge in [0.1, 0.15) is 5.82 Å². The van der Waals surface area contributed by atoms with Crippen LogP contribution in [-0.2, 0) is 6.54 Å². The fraction of sp³-hybridized carbons (Fsp3) is 0.167. The van der Waals surface area contributed by atoms with Gasteiger partial charge in [-0.1, -0.05) is 17.7 Å². The fourth-order valence-electron chi connectivity index (χ4n) is 2.64. The number of carbonyl (C=O) groups excluding carboxylic acids is 1. The van der Waals surface area contributed by atoms with Crippen LogP contribution in [-0.4, -0.2) is 22.0 Å². The number of nitrogens with zero attached hydrogens (tertiary/aromatic N) is 1. The Balaban J connectivity index is 1.82. The number of hydrogen-bond acceptors (Lipinski definition) is 3. The number of halogens is 1. The molecule has 3 aromatic rings. The van der Waals surface area contributed by atoms with E-state index in [9.17, 15) is 18.8 Å². The van der Waals surface area contributed by atoms with Crippen molar-refractivity contribution in [3.8, 4) is 0 Å². The molecule has 2 N–H and O–H groups in total. The molecule has 1 amide bonds. The topological polar surface area (TPSA) is 84.0 Å². The molecule has 0 spiro atoms. The number of fused-ring (bicyclic) bond motifs is 1. The summed E-state index contributed by atoms with van der Waals surface area (Å²) in [6.45, 7) is 2.14. The molecule has 25 heavy (non-hydrogen) atoms. The Morgan fingerprint density at radius 2 is 2.00 bits per heavy atom. The average molecular weight is 341 g/mol. The van der Waals surface area contributed by atoms with Crippen molar-refractivity contribution in [2.75, 3.05) is 6.54 Å². The van der Waals surface area contributed by atoms with E-state index >= 15 is 0 Å². The van der Waals surface area contributed by atoms with Gasteiger partial charge in [-0.25, -0.2) is 4.39 Å². The molecule has 0 aliphatic carbocycles. The third-order valence-electron chi connectivity index (χ3n) is 3.84. The molecule has 0 unspecified atom stereocenters. The monoisotopic (exact) mass is 341 g/mol. The molecule has 1 heterocycles. The largest absolute Gasteiger partial charge is 0.350 e. The van der Waals surface area contributed by atoms with Crippen molar-refractivity contribution < 1.29 is 9.18 Å². The molecule has 0 saturated carbocycles. The van der Waals surface area contributed by atoms with Crippen molar-refractivity contribution >= 4 is 16.9 Å². The highest BCUT2D eigenvalue weighted by atomic mass is 19.1. The van der Waals surface area contributed by atoms with Crippen molar-refractivity contribution in [1.82, 2.24) is 14.9 Å². The minimum atomic E-state index is -0.830. The number of rotatable bonds is 4. The van der Waals surface area contributed by atoms with Crippen LogP contribution in [0.4, 0.5) is 4.39 Å². The summed E-state index contributed by atoms with van der Waals surface area (Å²) in [5.41, 5.74) is 0.536. The Morgan fingerprint density at radius 3 is 2.76 bits per heavy atom. The lowest BCUT2D eigenvalue weighted by Crippen LogP contribution is -2.39. The summed E-state index contributed by atoms with van der Waals surface area (Å²) in [6.07, 6.45) is 0. The lowest BCUT2D eigenvalue weighted by atomic mass is 10.1. The van der Waals surface area contributed by atoms with Crippen molar-refractivity contribution in [2.45, 2.75) is 13.5 Å². The van der Waals surface area contributed by atoms with Gasteiger partial charge in [-0.3, -0.25) is 14.4 Å². The molecule has 6 nitrogen and oxygen atoms in total. The van der Waals surface area contributed by atoms with Crippen LogP contribution in [0, 0.1) is 12.7 Å². The van der Waals surface area contributed by atoms with E-state index in [-0.39, 0.29) is 24.5 Å². The number of aromatic nitrogens is 2. The smallest absolute Gasteiger partial charge is 0.316 e. The van der Waals surface area contributed by atoms with Gasteiger partial charge in [0, 0.05) is 18.7 Å². The maximum Gasteiger partial charge on any atom is 0.316 e. The van der Waals surface area contributed by atoms with Crippen molar-refractivity contribution in [3.05, 3.63) is 80.1 Å². The maximum absolute atomic E-state index is 13.3. The van der Waals surface area contributed by atoms with Gasteiger partial charge in [0.2, 0.25) is 0 Å². The van der Waals surface area contributed by atoms with E-state index in [0.29, 0.717) is 11.1 Å². The Bertz CT molecular complexity index is 1070. The number of benzene rings is 2. The van der Waals surface area contributed by atoms with E-state index in [1.165, 1.54) is 16.7 Å². The molecule has 0 bridgehead atoms. The van der Waals surface area contributed by atoms with Crippen LogP contribution in [0.5, 0.6) is 0 Å². The molecule has 2 aromatic carbocycles. The van der Waals surface area contributed by atoms with Crippen molar-refractivity contribution in [2.24, 2.45) is 0 Å². The van der Waals surface area contributed by atoms with Gasteiger partial charge in [0.05, 0.1) is 11.0 Å². The Labute approximate surface area is 141 Å². The van der Waals surface area contributed by atoms with Gasteiger partial charge < -0.3 is 14.9 Å². The second-order valence-electron chi connectivity index (χ2n) is 5.70. The number of aromatic amines is 1. The van der Waals surface area contributed by atoms with Crippen LogP contribution in [0.25, 0.3) is 11.0 Å². The van der Waals surface area contributed by atoms with E-state index < -0.39 is 16.9 Å². The molecular weight excluding hydrogens is 325 g/mol. The van der Waals surface area contributed by atoms with Gasteiger partial charge >= 0.3 is 11.1 Å². The van der Waals surface area contributed by atoms with Crippen LogP contribution in [0.2, 0.25) is 0 Å². The third kappa shape index (κ3) is 3.50. The maximum atomic E-state index is 13.3. The number of H-pyrrole nitrogens is 1. The highest BCUT2D eigenvalue weighted by molar-refractivity contribution is 5.94. The van der Waals surface area contributed by atoms with Gasteiger partial charge in [0.25, 0.3) is 5.91 Å². The normalized spacial score (nSPS) is 10.8. The molecule has 0 saturated heterocycles. The highest BCUT2D eigenvalue weighted by Crippen LogP contribution is 2.10. The zero-order valence-corrected chi connectivity index (χ0v) is 13.5. The predicted molar refractivity (Wildman–Crippen MR) is 92.3 cm³/mol. The first kappa shape index (κ1) is 16.6. The summed E-state index contributed by atoms with van der Waals surface area (Å²) in [6, 6.07) is 10.9. The van der Waals surface area contributed by atoms with Crippen molar-refractivity contribution in [3.63, 3.8) is 0 Å². The SMILES string of the molecule is Cc1cccc(C(=O)NCCn2c(=O)c(=O)[nH]c3cc(F)ccc32)c1. The molecule has 0 aliphatic heterocycles. The molecule has 0 atom stereocenters. The van der Waals surface area contributed by atoms with E-state index in [1.54, 1.807) is 18.2 Å². The zero-order valence-electron chi connectivity index (χ0n) is 13.5. The number of nitrogens with one attached hydrogen (secondary N) is 2. The van der Waals surface area contributed by atoms with Gasteiger partial charge in [-0.15, -0.1) is 0 Å². The number of carbonyl (C=O) groups is 1. The summed E-state index contributed by atoms with van der Waals surface area (Å²) >= 11 is 0. The van der Waals surface area contributed by atoms with Crippen LogP contribution in [0.15, 0.2) is 52.1 Å². The Kier molecular flexibility index (Phi) is 4.47. The summed E-state index contributed by atoms with van der Waals surface area (Å²) in [5, 5.41) is 2.71. The van der Waals surface area contributed by atoms with Gasteiger partial charge in [-0.2, -0.15) is 0 Å². The van der Waals surface area contributed by atoms with Crippen LogP contribution < -0.4 is 16.4 Å². The molecular formula is C18H16FN3O3. The average Bonchev–Trinajstić information content (AvgIpc) is 2.58. The number of amides is 1. The molecule has 0 radical (unpaired) electrons. The summed E-state index contributed by atoms with van der Waals surface area (Å²) in [4.78, 5) is 38.3. The second-order valence-corrected chi connectivity index (χ2v) is 5.70. The standard InChI is InChI=1S/C18H16FN3O3/c1-11-3-2-4-12(9-11)16(23)20-7-8-22-15-6-5-13(19)10-14(15)21-17(24)18(22)25/h2-6,9-10H,7-8H2,1H3,(H,20,23)(H,21,24). The molecule has 3 rings (SSSR count).